The Kier molecular flexibility index (Phi) is 4.06. The molecule has 2 amide bonds. The molecule has 18 heavy (non-hydrogen) atoms. The van der Waals surface area contributed by atoms with Crippen molar-refractivity contribution in [2.24, 2.45) is 23.5 Å². The molecule has 0 radical (unpaired) electrons. The van der Waals surface area contributed by atoms with Gasteiger partial charge in [-0.25, -0.2) is 4.79 Å². The van der Waals surface area contributed by atoms with Crippen molar-refractivity contribution in [3.8, 4) is 0 Å². The predicted molar refractivity (Wildman–Crippen MR) is 63.4 cm³/mol. The standard InChI is InChI=1S/C12H20N2O4/c1-17-6-14-11(15)10(18-12(13)16)4-7-2-8-5-9(8)3-7/h7-10H,2-6H2,1H3,(H2,13,16)(H,14,15)/t8-,9-,10+/m1/s1. The van der Waals surface area contributed by atoms with Gasteiger partial charge in [0, 0.05) is 7.11 Å². The number of hydrogen-bond donors (Lipinski definition) is 2. The van der Waals surface area contributed by atoms with Crippen LogP contribution in [0.5, 0.6) is 0 Å². The van der Waals surface area contributed by atoms with Crippen molar-refractivity contribution in [2.75, 3.05) is 13.8 Å². The van der Waals surface area contributed by atoms with E-state index in [9.17, 15) is 9.59 Å². The average molecular weight is 256 g/mol. The zero-order valence-electron chi connectivity index (χ0n) is 10.6. The third kappa shape index (κ3) is 3.35. The van der Waals surface area contributed by atoms with E-state index in [1.807, 2.05) is 0 Å². The maximum Gasteiger partial charge on any atom is 0.405 e. The molecule has 0 bridgehead atoms. The SMILES string of the molecule is COCNC(=O)[C@H](CC1C[C@@H]2C[C@H]2C1)OC(N)=O. The van der Waals surface area contributed by atoms with Crippen molar-refractivity contribution in [1.29, 1.82) is 0 Å². The Bertz CT molecular complexity index is 324. The van der Waals surface area contributed by atoms with Gasteiger partial charge in [-0.2, -0.15) is 0 Å². The lowest BCUT2D eigenvalue weighted by Crippen LogP contribution is -2.40. The second-order valence-corrected chi connectivity index (χ2v) is 5.23. The monoisotopic (exact) mass is 256 g/mol. The van der Waals surface area contributed by atoms with Crippen molar-refractivity contribution in [1.82, 2.24) is 5.32 Å². The first-order valence-electron chi connectivity index (χ1n) is 6.33. The second-order valence-electron chi connectivity index (χ2n) is 5.23. The quantitative estimate of drug-likeness (QED) is 0.681. The van der Waals surface area contributed by atoms with Crippen LogP contribution in [0.1, 0.15) is 25.7 Å². The van der Waals surface area contributed by atoms with Gasteiger partial charge in [0.25, 0.3) is 5.91 Å². The molecular formula is C12H20N2O4. The minimum atomic E-state index is -0.907. The van der Waals surface area contributed by atoms with Gasteiger partial charge in [-0.1, -0.05) is 0 Å². The maximum atomic E-state index is 11.8. The highest BCUT2D eigenvalue weighted by atomic mass is 16.6. The molecule has 0 unspecified atom stereocenters. The van der Waals surface area contributed by atoms with Crippen LogP contribution in [-0.2, 0) is 14.3 Å². The fraction of sp³-hybridized carbons (Fsp3) is 0.833. The number of primary amides is 1. The Hall–Kier alpha value is -1.30. The molecular weight excluding hydrogens is 236 g/mol. The van der Waals surface area contributed by atoms with Crippen LogP contribution in [0.15, 0.2) is 0 Å². The molecule has 0 saturated heterocycles. The van der Waals surface area contributed by atoms with Gasteiger partial charge in [0.05, 0.1) is 0 Å². The molecule has 2 saturated carbocycles. The largest absolute Gasteiger partial charge is 0.436 e. The molecule has 2 fully saturated rings. The molecule has 2 rings (SSSR count). The van der Waals surface area contributed by atoms with Gasteiger partial charge in [0.2, 0.25) is 0 Å². The molecule has 3 N–H and O–H groups in total. The molecule has 0 aromatic heterocycles. The minimum Gasteiger partial charge on any atom is -0.436 e. The van der Waals surface area contributed by atoms with E-state index >= 15 is 0 Å². The highest BCUT2D eigenvalue weighted by Crippen LogP contribution is 2.55. The van der Waals surface area contributed by atoms with Crippen LogP contribution in [0.25, 0.3) is 0 Å². The summed E-state index contributed by atoms with van der Waals surface area (Å²) in [7, 11) is 1.48. The number of nitrogens with one attached hydrogen (secondary N) is 1. The highest BCUT2D eigenvalue weighted by Gasteiger charge is 2.46. The van der Waals surface area contributed by atoms with Crippen molar-refractivity contribution >= 4 is 12.0 Å². The molecule has 2 aliphatic carbocycles. The summed E-state index contributed by atoms with van der Waals surface area (Å²) < 4.78 is 9.65. The number of carbonyl (C=O) groups excluding carboxylic acids is 2. The summed E-state index contributed by atoms with van der Waals surface area (Å²) >= 11 is 0. The van der Waals surface area contributed by atoms with E-state index in [1.54, 1.807) is 0 Å². The van der Waals surface area contributed by atoms with Crippen molar-refractivity contribution in [2.45, 2.75) is 31.8 Å². The summed E-state index contributed by atoms with van der Waals surface area (Å²) in [6, 6.07) is 0. The van der Waals surface area contributed by atoms with E-state index in [1.165, 1.54) is 13.5 Å². The van der Waals surface area contributed by atoms with Crippen LogP contribution >= 0.6 is 0 Å². The molecule has 0 aliphatic heterocycles. The van der Waals surface area contributed by atoms with Gasteiger partial charge in [0.15, 0.2) is 6.10 Å². The van der Waals surface area contributed by atoms with Gasteiger partial charge in [0.1, 0.15) is 6.73 Å². The van der Waals surface area contributed by atoms with Gasteiger partial charge in [-0.05, 0) is 43.4 Å². The molecule has 0 aromatic carbocycles. The van der Waals surface area contributed by atoms with Crippen molar-refractivity contribution in [3.05, 3.63) is 0 Å². The Morgan fingerprint density at radius 1 is 1.33 bits per heavy atom. The van der Waals surface area contributed by atoms with Crippen molar-refractivity contribution < 1.29 is 19.1 Å². The molecule has 3 atom stereocenters. The first-order valence-corrected chi connectivity index (χ1v) is 6.33. The third-order valence-electron chi connectivity index (χ3n) is 3.83. The summed E-state index contributed by atoms with van der Waals surface area (Å²) in [5.74, 6) is 1.81. The number of nitrogens with two attached hydrogens (primary N) is 1. The minimum absolute atomic E-state index is 0.105. The molecule has 0 heterocycles. The first kappa shape index (κ1) is 13.1. The Morgan fingerprint density at radius 2 is 2.00 bits per heavy atom. The fourth-order valence-electron chi connectivity index (χ4n) is 2.94. The first-order chi connectivity index (χ1) is 8.60. The van der Waals surface area contributed by atoms with Crippen molar-refractivity contribution in [3.63, 3.8) is 0 Å². The van der Waals surface area contributed by atoms with E-state index in [4.69, 9.17) is 15.2 Å². The summed E-state index contributed by atoms with van der Waals surface area (Å²) in [4.78, 5) is 22.6. The van der Waals surface area contributed by atoms with E-state index in [-0.39, 0.29) is 12.6 Å². The lowest BCUT2D eigenvalue weighted by Gasteiger charge is -2.20. The van der Waals surface area contributed by atoms with Crippen LogP contribution in [0, 0.1) is 17.8 Å². The van der Waals surface area contributed by atoms with E-state index in [2.05, 4.69) is 5.32 Å². The molecule has 6 nitrogen and oxygen atoms in total. The number of fused-ring (bicyclic) bond motifs is 1. The maximum absolute atomic E-state index is 11.8. The number of methoxy groups -OCH3 is 1. The second kappa shape index (κ2) is 5.56. The van der Waals surface area contributed by atoms with Crippen LogP contribution in [0.3, 0.4) is 0 Å². The number of ether oxygens (including phenoxy) is 2. The van der Waals surface area contributed by atoms with Gasteiger partial charge in [-0.15, -0.1) is 0 Å². The van der Waals surface area contributed by atoms with Gasteiger partial charge in [-0.3, -0.25) is 4.79 Å². The fourth-order valence-corrected chi connectivity index (χ4v) is 2.94. The van der Waals surface area contributed by atoms with Crippen LogP contribution < -0.4 is 11.1 Å². The van der Waals surface area contributed by atoms with E-state index in [0.717, 1.165) is 24.7 Å². The molecule has 102 valence electrons. The number of carbonyl (C=O) groups is 2. The lowest BCUT2D eigenvalue weighted by atomic mass is 9.96. The van der Waals surface area contributed by atoms with Gasteiger partial charge >= 0.3 is 6.09 Å². The zero-order valence-corrected chi connectivity index (χ0v) is 10.6. The Labute approximate surface area is 106 Å². The molecule has 0 aromatic rings. The number of amides is 2. The smallest absolute Gasteiger partial charge is 0.405 e. The van der Waals surface area contributed by atoms with Crippen LogP contribution in [0.4, 0.5) is 4.79 Å². The average Bonchev–Trinajstić information content (AvgIpc) is 2.92. The molecule has 0 spiro atoms. The van der Waals surface area contributed by atoms with Crippen LogP contribution in [0.2, 0.25) is 0 Å². The Morgan fingerprint density at radius 3 is 2.56 bits per heavy atom. The van der Waals surface area contributed by atoms with E-state index < -0.39 is 12.2 Å². The lowest BCUT2D eigenvalue weighted by molar-refractivity contribution is -0.131. The predicted octanol–water partition coefficient (Wildman–Crippen LogP) is 0.607. The zero-order chi connectivity index (χ0) is 13.1. The van der Waals surface area contributed by atoms with E-state index in [0.29, 0.717) is 12.3 Å². The summed E-state index contributed by atoms with van der Waals surface area (Å²) in [6.07, 6.45) is 2.47. The third-order valence-corrected chi connectivity index (χ3v) is 3.83. The number of rotatable bonds is 6. The summed E-state index contributed by atoms with van der Waals surface area (Å²) in [5.41, 5.74) is 5.00. The topological polar surface area (TPSA) is 90.7 Å². The molecule has 2 aliphatic rings. The Balaban J connectivity index is 1.83. The number of hydrogen-bond acceptors (Lipinski definition) is 4. The normalized spacial score (nSPS) is 27.4. The van der Waals surface area contributed by atoms with Crippen LogP contribution in [-0.4, -0.2) is 31.9 Å². The summed E-state index contributed by atoms with van der Waals surface area (Å²) in [5, 5.41) is 2.54. The van der Waals surface area contributed by atoms with Gasteiger partial charge < -0.3 is 20.5 Å². The highest BCUT2D eigenvalue weighted by molar-refractivity contribution is 5.83. The summed E-state index contributed by atoms with van der Waals surface area (Å²) in [6.45, 7) is 0.105. The molecule has 6 heteroatoms.